The van der Waals surface area contributed by atoms with Crippen LogP contribution < -0.4 is 4.90 Å². The molecule has 1 aliphatic heterocycles. The number of fused-ring (bicyclic) bond motifs is 1. The van der Waals surface area contributed by atoms with E-state index in [9.17, 15) is 22.0 Å². The Balaban J connectivity index is 1.38. The molecule has 0 unspecified atom stereocenters. The predicted molar refractivity (Wildman–Crippen MR) is 141 cm³/mol. The normalized spacial score (nSPS) is 15.2. The van der Waals surface area contributed by atoms with Crippen LogP contribution >= 0.6 is 27.3 Å². The van der Waals surface area contributed by atoms with Crippen molar-refractivity contribution in [2.75, 3.05) is 18.0 Å². The summed E-state index contributed by atoms with van der Waals surface area (Å²) < 4.78 is 56.7. The highest BCUT2D eigenvalue weighted by Gasteiger charge is 2.36. The molecule has 1 saturated heterocycles. The summed E-state index contributed by atoms with van der Waals surface area (Å²) >= 11 is 4.86. The number of pyridine rings is 1. The van der Waals surface area contributed by atoms with E-state index in [2.05, 4.69) is 25.9 Å². The van der Waals surface area contributed by atoms with E-state index in [-0.39, 0.29) is 38.4 Å². The Kier molecular flexibility index (Phi) is 7.35. The van der Waals surface area contributed by atoms with Crippen LogP contribution in [0.5, 0.6) is 0 Å². The molecule has 0 aliphatic carbocycles. The highest BCUT2D eigenvalue weighted by atomic mass is 79.9. The monoisotopic (exact) mass is 606 g/mol. The van der Waals surface area contributed by atoms with E-state index in [0.717, 1.165) is 36.7 Å². The van der Waals surface area contributed by atoms with Crippen molar-refractivity contribution in [2.24, 2.45) is 5.92 Å². The first-order chi connectivity index (χ1) is 17.7. The molecule has 1 amide bonds. The van der Waals surface area contributed by atoms with Gasteiger partial charge in [-0.05, 0) is 60.9 Å². The summed E-state index contributed by atoms with van der Waals surface area (Å²) in [5, 5.41) is 0.541. The van der Waals surface area contributed by atoms with Gasteiger partial charge in [-0.1, -0.05) is 33.3 Å². The van der Waals surface area contributed by atoms with Crippen LogP contribution in [-0.4, -0.2) is 41.7 Å². The molecule has 0 spiro atoms. The first kappa shape index (κ1) is 25.8. The van der Waals surface area contributed by atoms with Gasteiger partial charge in [0.15, 0.2) is 5.13 Å². The number of halogens is 3. The maximum Gasteiger partial charge on any atom is 0.246 e. The summed E-state index contributed by atoms with van der Waals surface area (Å²) in [5.74, 6) is -2.47. The molecule has 0 bridgehead atoms. The molecule has 0 atom stereocenters. The molecular formula is C25H21BrF2N4O3S2. The molecule has 0 saturated carbocycles. The van der Waals surface area contributed by atoms with Gasteiger partial charge in [0.1, 0.15) is 16.5 Å². The number of anilines is 1. The van der Waals surface area contributed by atoms with Crippen LogP contribution in [0, 0.1) is 17.6 Å². The van der Waals surface area contributed by atoms with E-state index in [1.54, 1.807) is 23.4 Å². The van der Waals surface area contributed by atoms with Gasteiger partial charge >= 0.3 is 0 Å². The van der Waals surface area contributed by atoms with E-state index >= 15 is 0 Å². The van der Waals surface area contributed by atoms with Gasteiger partial charge in [-0.3, -0.25) is 14.7 Å². The summed E-state index contributed by atoms with van der Waals surface area (Å²) in [6.07, 6.45) is 3.83. The van der Waals surface area contributed by atoms with Crippen LogP contribution in [0.3, 0.4) is 0 Å². The summed E-state index contributed by atoms with van der Waals surface area (Å²) in [4.78, 5) is 23.5. The van der Waals surface area contributed by atoms with Gasteiger partial charge in [0, 0.05) is 35.9 Å². The van der Waals surface area contributed by atoms with E-state index in [0.29, 0.717) is 11.2 Å². The maximum atomic E-state index is 14.2. The minimum atomic E-state index is -4.24. The van der Waals surface area contributed by atoms with Gasteiger partial charge in [-0.2, -0.15) is 4.31 Å². The molecule has 1 aliphatic rings. The standard InChI is InChI=1S/C25H21BrF2N4O3S2/c26-18-3-6-21-22(12-18)36-25(30-21)32(15-16-2-1-9-29-14-16)24(33)17-7-10-31(11-8-17)37(34,35)23-13-19(27)4-5-20(23)28/h1-6,9,12-14,17H,7-8,10-11,15H2. The number of benzene rings is 2. The van der Waals surface area contributed by atoms with E-state index in [1.165, 1.54) is 11.3 Å². The van der Waals surface area contributed by atoms with Crippen LogP contribution in [0.15, 0.2) is 70.3 Å². The Labute approximate surface area is 224 Å². The van der Waals surface area contributed by atoms with Gasteiger partial charge in [0.05, 0.1) is 16.8 Å². The molecule has 12 heteroatoms. The third kappa shape index (κ3) is 5.42. The summed E-state index contributed by atoms with van der Waals surface area (Å²) in [6, 6.07) is 11.7. The van der Waals surface area contributed by atoms with Crippen molar-refractivity contribution in [2.45, 2.75) is 24.3 Å². The van der Waals surface area contributed by atoms with E-state index in [4.69, 9.17) is 0 Å². The van der Waals surface area contributed by atoms with Crippen molar-refractivity contribution in [1.82, 2.24) is 14.3 Å². The first-order valence-electron chi connectivity index (χ1n) is 11.4. The van der Waals surface area contributed by atoms with Gasteiger partial charge in [-0.15, -0.1) is 0 Å². The zero-order chi connectivity index (χ0) is 26.2. The molecule has 37 heavy (non-hydrogen) atoms. The zero-order valence-electron chi connectivity index (χ0n) is 19.4. The first-order valence-corrected chi connectivity index (χ1v) is 14.5. The second-order valence-electron chi connectivity index (χ2n) is 8.65. The number of aromatic nitrogens is 2. The van der Waals surface area contributed by atoms with Crippen LogP contribution in [0.2, 0.25) is 0 Å². The third-order valence-corrected chi connectivity index (χ3v) is 9.66. The maximum absolute atomic E-state index is 14.2. The fourth-order valence-corrected chi connectivity index (χ4v) is 7.36. The molecule has 3 heterocycles. The van der Waals surface area contributed by atoms with Gasteiger partial charge in [0.2, 0.25) is 15.9 Å². The molecule has 5 rings (SSSR count). The molecule has 4 aromatic rings. The molecule has 192 valence electrons. The Bertz CT molecular complexity index is 1560. The zero-order valence-corrected chi connectivity index (χ0v) is 22.6. The highest BCUT2D eigenvalue weighted by molar-refractivity contribution is 9.10. The van der Waals surface area contributed by atoms with E-state index < -0.39 is 32.5 Å². The van der Waals surface area contributed by atoms with Crippen molar-refractivity contribution < 1.29 is 22.0 Å². The Morgan fingerprint density at radius 3 is 2.65 bits per heavy atom. The molecule has 2 aromatic heterocycles. The molecular weight excluding hydrogens is 586 g/mol. The van der Waals surface area contributed by atoms with Crippen molar-refractivity contribution in [3.05, 3.63) is 82.6 Å². The van der Waals surface area contributed by atoms with Crippen LogP contribution in [0.1, 0.15) is 18.4 Å². The average Bonchev–Trinajstić information content (AvgIpc) is 3.32. The Hall–Kier alpha value is -2.80. The average molecular weight is 608 g/mol. The van der Waals surface area contributed by atoms with Crippen LogP contribution in [-0.2, 0) is 21.4 Å². The number of thiazole rings is 1. The quantitative estimate of drug-likeness (QED) is 0.295. The lowest BCUT2D eigenvalue weighted by Crippen LogP contribution is -2.44. The molecule has 7 nitrogen and oxygen atoms in total. The van der Waals surface area contributed by atoms with Gasteiger partial charge < -0.3 is 0 Å². The van der Waals surface area contributed by atoms with Crippen molar-refractivity contribution >= 4 is 58.5 Å². The lowest BCUT2D eigenvalue weighted by Gasteiger charge is -2.33. The summed E-state index contributed by atoms with van der Waals surface area (Å²) in [7, 11) is -4.24. The van der Waals surface area contributed by atoms with E-state index in [1.807, 2.05) is 24.3 Å². The van der Waals surface area contributed by atoms with Gasteiger partial charge in [0.25, 0.3) is 0 Å². The predicted octanol–water partition coefficient (Wildman–Crippen LogP) is 5.37. The Morgan fingerprint density at radius 1 is 1.14 bits per heavy atom. The largest absolute Gasteiger partial charge is 0.283 e. The number of sulfonamides is 1. The van der Waals surface area contributed by atoms with Gasteiger partial charge in [-0.25, -0.2) is 22.2 Å². The summed E-state index contributed by atoms with van der Waals surface area (Å²) in [5.41, 5.74) is 1.60. The number of rotatable bonds is 6. The SMILES string of the molecule is O=C(C1CCN(S(=O)(=O)c2cc(F)ccc2F)CC1)N(Cc1cccnc1)c1nc2ccc(Br)cc2s1. The number of carbonyl (C=O) groups is 1. The number of amides is 1. The minimum Gasteiger partial charge on any atom is -0.283 e. The Morgan fingerprint density at radius 2 is 1.92 bits per heavy atom. The van der Waals surface area contributed by atoms with Crippen molar-refractivity contribution in [1.29, 1.82) is 0 Å². The fraction of sp³-hybridized carbons (Fsp3) is 0.240. The molecule has 1 fully saturated rings. The number of hydrogen-bond donors (Lipinski definition) is 0. The second-order valence-corrected chi connectivity index (χ2v) is 12.5. The van der Waals surface area contributed by atoms with Crippen LogP contribution in [0.4, 0.5) is 13.9 Å². The number of nitrogens with zero attached hydrogens (tertiary/aromatic N) is 4. The fourth-order valence-electron chi connectivity index (χ4n) is 4.29. The highest BCUT2D eigenvalue weighted by Crippen LogP contribution is 2.34. The number of carbonyl (C=O) groups excluding carboxylic acids is 1. The molecule has 2 aromatic carbocycles. The lowest BCUT2D eigenvalue weighted by atomic mass is 9.96. The number of piperidine rings is 1. The topological polar surface area (TPSA) is 83.5 Å². The summed E-state index contributed by atoms with van der Waals surface area (Å²) in [6.45, 7) is 0.297. The molecule has 0 N–H and O–H groups in total. The second kappa shape index (κ2) is 10.5. The van der Waals surface area contributed by atoms with Crippen molar-refractivity contribution in [3.63, 3.8) is 0 Å². The minimum absolute atomic E-state index is 0.0161. The number of hydrogen-bond acceptors (Lipinski definition) is 6. The molecule has 0 radical (unpaired) electrons. The lowest BCUT2D eigenvalue weighted by molar-refractivity contribution is -0.123. The third-order valence-electron chi connectivity index (χ3n) is 6.21. The smallest absolute Gasteiger partial charge is 0.246 e. The van der Waals surface area contributed by atoms with Crippen molar-refractivity contribution in [3.8, 4) is 0 Å². The van der Waals surface area contributed by atoms with Crippen LogP contribution in [0.25, 0.3) is 10.2 Å².